The van der Waals surface area contributed by atoms with Gasteiger partial charge in [-0.2, -0.15) is 0 Å². The largest absolute Gasteiger partial charge is 0.508 e. The van der Waals surface area contributed by atoms with Crippen molar-refractivity contribution in [3.05, 3.63) is 47.0 Å². The van der Waals surface area contributed by atoms with E-state index in [0.717, 1.165) is 11.3 Å². The normalized spacial score (nSPS) is 10.6. The molecule has 0 radical (unpaired) electrons. The molecule has 0 saturated heterocycles. The van der Waals surface area contributed by atoms with Crippen molar-refractivity contribution in [2.75, 3.05) is 18.2 Å². The smallest absolute Gasteiger partial charge is 0.134 e. The van der Waals surface area contributed by atoms with Crippen molar-refractivity contribution in [2.24, 2.45) is 0 Å². The van der Waals surface area contributed by atoms with E-state index >= 15 is 0 Å². The molecule has 0 aliphatic rings. The highest BCUT2D eigenvalue weighted by atomic mass is 35.5. The molecule has 0 bridgehead atoms. The van der Waals surface area contributed by atoms with E-state index < -0.39 is 0 Å². The molecule has 5 nitrogen and oxygen atoms in total. The van der Waals surface area contributed by atoms with E-state index in [9.17, 15) is 10.2 Å². The summed E-state index contributed by atoms with van der Waals surface area (Å²) in [5, 5.41) is 30.1. The monoisotopic (exact) mass is 308 g/mol. The van der Waals surface area contributed by atoms with Crippen LogP contribution in [0.2, 0.25) is 5.02 Å². The van der Waals surface area contributed by atoms with Crippen LogP contribution in [-0.4, -0.2) is 28.5 Å². The van der Waals surface area contributed by atoms with Crippen LogP contribution in [0.25, 0.3) is 0 Å². The molecule has 0 aliphatic carbocycles. The van der Waals surface area contributed by atoms with Crippen molar-refractivity contribution >= 4 is 23.0 Å². The second kappa shape index (κ2) is 6.67. The molecule has 2 aromatic carbocycles. The maximum atomic E-state index is 9.62. The Labute approximate surface area is 128 Å². The van der Waals surface area contributed by atoms with Crippen molar-refractivity contribution in [3.8, 4) is 11.5 Å². The molecule has 0 unspecified atom stereocenters. The Bertz CT molecular complexity index is 583. The Balaban J connectivity index is 2.41. The van der Waals surface area contributed by atoms with E-state index in [0.29, 0.717) is 12.2 Å². The summed E-state index contributed by atoms with van der Waals surface area (Å²) in [6.45, 7) is 2.12. The molecule has 4 N–H and O–H groups in total. The van der Waals surface area contributed by atoms with Crippen LogP contribution in [0, 0.1) is 6.92 Å². The summed E-state index contributed by atoms with van der Waals surface area (Å²) < 4.78 is 0. The van der Waals surface area contributed by atoms with Crippen LogP contribution < -0.4 is 10.4 Å². The lowest BCUT2D eigenvalue weighted by molar-refractivity contribution is 0.293. The summed E-state index contributed by atoms with van der Waals surface area (Å²) >= 11 is 5.94. The van der Waals surface area contributed by atoms with Crippen molar-refractivity contribution in [3.63, 3.8) is 0 Å². The zero-order chi connectivity index (χ0) is 15.4. The van der Waals surface area contributed by atoms with E-state index in [1.165, 1.54) is 6.07 Å². The quantitative estimate of drug-likeness (QED) is 0.639. The number of hydrogen-bond acceptors (Lipinski definition) is 5. The van der Waals surface area contributed by atoms with E-state index in [2.05, 4.69) is 5.43 Å². The van der Waals surface area contributed by atoms with Gasteiger partial charge < -0.3 is 15.3 Å². The first kappa shape index (κ1) is 15.4. The minimum absolute atomic E-state index is 0.00408. The van der Waals surface area contributed by atoms with Gasteiger partial charge in [0, 0.05) is 6.54 Å². The van der Waals surface area contributed by atoms with Gasteiger partial charge in [0.1, 0.15) is 11.5 Å². The lowest BCUT2D eigenvalue weighted by atomic mass is 10.2. The van der Waals surface area contributed by atoms with Crippen molar-refractivity contribution in [1.82, 2.24) is 5.43 Å². The molecule has 2 aromatic rings. The minimum atomic E-state index is -0.0284. The van der Waals surface area contributed by atoms with Crippen molar-refractivity contribution in [1.29, 1.82) is 0 Å². The summed E-state index contributed by atoms with van der Waals surface area (Å²) in [7, 11) is 0. The van der Waals surface area contributed by atoms with Gasteiger partial charge in [0.25, 0.3) is 0 Å². The third kappa shape index (κ3) is 3.58. The number of benzene rings is 2. The van der Waals surface area contributed by atoms with Gasteiger partial charge in [0.15, 0.2) is 0 Å². The Morgan fingerprint density at radius 3 is 2.24 bits per heavy atom. The van der Waals surface area contributed by atoms with Crippen molar-refractivity contribution in [2.45, 2.75) is 6.92 Å². The Hall–Kier alpha value is -1.95. The molecule has 6 heteroatoms. The van der Waals surface area contributed by atoms with Crippen LogP contribution in [0.5, 0.6) is 11.5 Å². The molecular weight excluding hydrogens is 292 g/mol. The van der Waals surface area contributed by atoms with E-state index in [1.54, 1.807) is 42.3 Å². The first-order valence-corrected chi connectivity index (χ1v) is 6.83. The molecule has 0 heterocycles. The van der Waals surface area contributed by atoms with Crippen LogP contribution in [0.3, 0.4) is 0 Å². The molecule has 0 aromatic heterocycles. The second-order valence-corrected chi connectivity index (χ2v) is 4.98. The summed E-state index contributed by atoms with van der Waals surface area (Å²) in [5.41, 5.74) is 5.27. The highest BCUT2D eigenvalue weighted by Crippen LogP contribution is 2.32. The molecule has 21 heavy (non-hydrogen) atoms. The highest BCUT2D eigenvalue weighted by molar-refractivity contribution is 6.32. The standard InChI is InChI=1S/C15H17ClN2O3/c1-10-8-11(2-4-14(10)20)18(17-6-7-19)12-3-5-15(21)13(16)9-12/h2-5,8-9,17,19-21H,6-7H2,1H3. The first-order valence-electron chi connectivity index (χ1n) is 6.45. The van der Waals surface area contributed by atoms with Gasteiger partial charge in [0.2, 0.25) is 0 Å². The van der Waals surface area contributed by atoms with E-state index in [4.69, 9.17) is 16.7 Å². The molecular formula is C15H17ClN2O3. The summed E-state index contributed by atoms with van der Waals surface area (Å²) in [6, 6.07) is 9.96. The van der Waals surface area contributed by atoms with E-state index in [1.807, 2.05) is 0 Å². The summed E-state index contributed by atoms with van der Waals surface area (Å²) in [6.07, 6.45) is 0. The number of hydrazine groups is 1. The Kier molecular flexibility index (Phi) is 4.90. The summed E-state index contributed by atoms with van der Waals surface area (Å²) in [4.78, 5) is 0. The molecule has 112 valence electrons. The number of phenols is 2. The van der Waals surface area contributed by atoms with Gasteiger partial charge in [-0.25, -0.2) is 5.43 Å². The fourth-order valence-corrected chi connectivity index (χ4v) is 2.08. The number of aliphatic hydroxyl groups is 1. The highest BCUT2D eigenvalue weighted by Gasteiger charge is 2.12. The average molecular weight is 309 g/mol. The fourth-order valence-electron chi connectivity index (χ4n) is 1.91. The third-order valence-electron chi connectivity index (χ3n) is 3.01. The van der Waals surface area contributed by atoms with E-state index in [-0.39, 0.29) is 23.1 Å². The number of anilines is 2. The number of phenolic OH excluding ortho intramolecular Hbond substituents is 2. The van der Waals surface area contributed by atoms with Crippen LogP contribution in [0.15, 0.2) is 36.4 Å². The first-order chi connectivity index (χ1) is 10.0. The topological polar surface area (TPSA) is 76.0 Å². The molecule has 0 fully saturated rings. The van der Waals surface area contributed by atoms with Crippen LogP contribution in [0.1, 0.15) is 5.56 Å². The number of aliphatic hydroxyl groups excluding tert-OH is 1. The molecule has 0 saturated carbocycles. The number of aryl methyl sites for hydroxylation is 1. The average Bonchev–Trinajstić information content (AvgIpc) is 2.46. The number of hydrogen-bond donors (Lipinski definition) is 4. The van der Waals surface area contributed by atoms with Gasteiger partial charge in [0.05, 0.1) is 23.0 Å². The van der Waals surface area contributed by atoms with Gasteiger partial charge in [-0.05, 0) is 48.9 Å². The number of nitrogens with zero attached hydrogens (tertiary/aromatic N) is 1. The lowest BCUT2D eigenvalue weighted by Crippen LogP contribution is -2.35. The predicted molar refractivity (Wildman–Crippen MR) is 83.2 cm³/mol. The Morgan fingerprint density at radius 2 is 1.67 bits per heavy atom. The van der Waals surface area contributed by atoms with Crippen LogP contribution >= 0.6 is 11.6 Å². The van der Waals surface area contributed by atoms with Crippen LogP contribution in [0.4, 0.5) is 11.4 Å². The van der Waals surface area contributed by atoms with Gasteiger partial charge >= 0.3 is 0 Å². The fraction of sp³-hybridized carbons (Fsp3) is 0.200. The number of nitrogens with one attached hydrogen (secondary N) is 1. The molecule has 0 spiro atoms. The molecule has 0 aliphatic heterocycles. The van der Waals surface area contributed by atoms with Gasteiger partial charge in [-0.3, -0.25) is 5.01 Å². The second-order valence-electron chi connectivity index (χ2n) is 4.57. The lowest BCUT2D eigenvalue weighted by Gasteiger charge is -2.26. The zero-order valence-corrected chi connectivity index (χ0v) is 12.3. The molecule has 0 atom stereocenters. The number of aromatic hydroxyl groups is 2. The number of rotatable bonds is 5. The van der Waals surface area contributed by atoms with Gasteiger partial charge in [-0.15, -0.1) is 0 Å². The minimum Gasteiger partial charge on any atom is -0.508 e. The predicted octanol–water partition coefficient (Wildman–Crippen LogP) is 2.69. The SMILES string of the molecule is Cc1cc(N(NCCO)c2ccc(O)c(Cl)c2)ccc1O. The maximum absolute atomic E-state index is 9.62. The molecule has 0 amide bonds. The number of halogens is 1. The third-order valence-corrected chi connectivity index (χ3v) is 3.31. The van der Waals surface area contributed by atoms with Gasteiger partial charge in [-0.1, -0.05) is 11.6 Å². The molecule has 2 rings (SSSR count). The van der Waals surface area contributed by atoms with Crippen LogP contribution in [-0.2, 0) is 0 Å². The zero-order valence-electron chi connectivity index (χ0n) is 11.5. The Morgan fingerprint density at radius 1 is 1.05 bits per heavy atom. The maximum Gasteiger partial charge on any atom is 0.134 e. The summed E-state index contributed by atoms with van der Waals surface area (Å²) in [5.74, 6) is 0.217. The van der Waals surface area contributed by atoms with Crippen molar-refractivity contribution < 1.29 is 15.3 Å².